The van der Waals surface area contributed by atoms with Crippen molar-refractivity contribution in [2.75, 3.05) is 13.1 Å². The van der Waals surface area contributed by atoms with Gasteiger partial charge in [0.05, 0.1) is 6.10 Å². The maximum atomic E-state index is 10.6. The second-order valence-electron chi connectivity index (χ2n) is 2.78. The summed E-state index contributed by atoms with van der Waals surface area (Å²) in [6.45, 7) is 1.97. The summed E-state index contributed by atoms with van der Waals surface area (Å²) in [4.78, 5) is 8.90. The minimum absolute atomic E-state index is 0.0266. The van der Waals surface area contributed by atoms with Crippen molar-refractivity contribution >= 4 is 5.97 Å². The molecule has 1 heterocycles. The monoisotopic (exact) mass is 215 g/mol. The molecule has 0 aromatic heterocycles. The van der Waals surface area contributed by atoms with Crippen molar-refractivity contribution in [2.24, 2.45) is 0 Å². The van der Waals surface area contributed by atoms with Gasteiger partial charge in [-0.1, -0.05) is 0 Å². The van der Waals surface area contributed by atoms with Crippen LogP contribution in [0.3, 0.4) is 0 Å². The molecule has 3 N–H and O–H groups in total. The fraction of sp³-hybridized carbons (Fsp3) is 0.857. The van der Waals surface area contributed by atoms with E-state index in [4.69, 9.17) is 15.0 Å². The summed E-state index contributed by atoms with van der Waals surface area (Å²) < 4.78 is 31.7. The van der Waals surface area contributed by atoms with Crippen LogP contribution in [0.1, 0.15) is 12.8 Å². The molecular weight excluding hydrogens is 203 g/mol. The van der Waals surface area contributed by atoms with E-state index in [0.717, 1.165) is 25.9 Å². The third-order valence-electron chi connectivity index (χ3n) is 1.55. The van der Waals surface area contributed by atoms with Crippen LogP contribution >= 0.6 is 0 Å². The molecular formula is C7H12F3NO3. The lowest BCUT2D eigenvalue weighted by molar-refractivity contribution is -0.192. The summed E-state index contributed by atoms with van der Waals surface area (Å²) in [5.41, 5.74) is 0. The average molecular weight is 215 g/mol. The molecule has 0 amide bonds. The number of halogens is 3. The van der Waals surface area contributed by atoms with E-state index in [0.29, 0.717) is 0 Å². The first-order chi connectivity index (χ1) is 6.34. The molecule has 0 atom stereocenters. The second-order valence-corrected chi connectivity index (χ2v) is 2.78. The zero-order valence-electron chi connectivity index (χ0n) is 7.34. The Balaban J connectivity index is 0.000000241. The molecule has 0 aromatic rings. The normalized spacial score (nSPS) is 18.3. The van der Waals surface area contributed by atoms with Gasteiger partial charge in [0.1, 0.15) is 0 Å². The molecule has 0 radical (unpaired) electrons. The molecule has 84 valence electrons. The number of aliphatic hydroxyl groups is 1. The minimum Gasteiger partial charge on any atom is -0.475 e. The number of aliphatic carboxylic acids is 1. The lowest BCUT2D eigenvalue weighted by Crippen LogP contribution is -2.30. The van der Waals surface area contributed by atoms with E-state index in [1.165, 1.54) is 0 Å². The summed E-state index contributed by atoms with van der Waals surface area (Å²) in [5, 5.41) is 19.1. The van der Waals surface area contributed by atoms with Crippen LogP contribution in [0.2, 0.25) is 0 Å². The van der Waals surface area contributed by atoms with Crippen molar-refractivity contribution in [3.8, 4) is 0 Å². The number of piperidine rings is 1. The van der Waals surface area contributed by atoms with Crippen molar-refractivity contribution in [2.45, 2.75) is 25.1 Å². The Kier molecular flexibility index (Phi) is 5.47. The summed E-state index contributed by atoms with van der Waals surface area (Å²) in [6, 6.07) is 0. The molecule has 0 saturated carbocycles. The quantitative estimate of drug-likeness (QED) is 0.545. The van der Waals surface area contributed by atoms with Gasteiger partial charge < -0.3 is 15.5 Å². The predicted octanol–water partition coefficient (Wildman–Crippen LogP) is 0.364. The van der Waals surface area contributed by atoms with E-state index in [9.17, 15) is 13.2 Å². The molecule has 1 rings (SSSR count). The van der Waals surface area contributed by atoms with Crippen molar-refractivity contribution in [1.29, 1.82) is 0 Å². The standard InChI is InChI=1S/C5H11NO.C2HF3O2/c7-5-1-3-6-4-2-5;3-2(4,5)1(6)7/h5-7H,1-4H2;(H,6,7). The van der Waals surface area contributed by atoms with Gasteiger partial charge in [-0.25, -0.2) is 4.79 Å². The molecule has 0 spiro atoms. The summed E-state index contributed by atoms with van der Waals surface area (Å²) in [7, 11) is 0. The molecule has 14 heavy (non-hydrogen) atoms. The van der Waals surface area contributed by atoms with E-state index in [1.807, 2.05) is 0 Å². The molecule has 0 bridgehead atoms. The summed E-state index contributed by atoms with van der Waals surface area (Å²) >= 11 is 0. The highest BCUT2D eigenvalue weighted by molar-refractivity contribution is 5.73. The molecule has 0 aliphatic carbocycles. The fourth-order valence-electron chi connectivity index (χ4n) is 0.807. The van der Waals surface area contributed by atoms with E-state index < -0.39 is 12.1 Å². The maximum absolute atomic E-state index is 10.6. The largest absolute Gasteiger partial charge is 0.490 e. The zero-order chi connectivity index (χ0) is 11.2. The Morgan fingerprint density at radius 2 is 1.64 bits per heavy atom. The van der Waals surface area contributed by atoms with E-state index in [1.54, 1.807) is 0 Å². The fourth-order valence-corrected chi connectivity index (χ4v) is 0.807. The van der Waals surface area contributed by atoms with Gasteiger partial charge in [0.15, 0.2) is 0 Å². The number of nitrogens with one attached hydrogen (secondary N) is 1. The zero-order valence-corrected chi connectivity index (χ0v) is 7.34. The molecule has 1 fully saturated rings. The van der Waals surface area contributed by atoms with Gasteiger partial charge in [0, 0.05) is 0 Å². The van der Waals surface area contributed by atoms with Crippen LogP contribution in [0, 0.1) is 0 Å². The molecule has 0 aromatic carbocycles. The highest BCUT2D eigenvalue weighted by Crippen LogP contribution is 2.13. The SMILES string of the molecule is O=C(O)C(F)(F)F.OC1CCNCC1. The van der Waals surface area contributed by atoms with Gasteiger partial charge in [0.2, 0.25) is 0 Å². The van der Waals surface area contributed by atoms with Crippen molar-refractivity contribution in [3.63, 3.8) is 0 Å². The van der Waals surface area contributed by atoms with Gasteiger partial charge in [-0.2, -0.15) is 13.2 Å². The van der Waals surface area contributed by atoms with Crippen LogP contribution < -0.4 is 5.32 Å². The van der Waals surface area contributed by atoms with Crippen molar-refractivity contribution in [1.82, 2.24) is 5.32 Å². The van der Waals surface area contributed by atoms with Crippen LogP contribution in [-0.4, -0.2) is 41.6 Å². The van der Waals surface area contributed by atoms with E-state index in [-0.39, 0.29) is 6.10 Å². The Labute approximate surface area is 78.7 Å². The Morgan fingerprint density at radius 1 is 1.29 bits per heavy atom. The van der Waals surface area contributed by atoms with E-state index in [2.05, 4.69) is 5.32 Å². The molecule has 7 heteroatoms. The van der Waals surface area contributed by atoms with Gasteiger partial charge in [-0.05, 0) is 25.9 Å². The minimum atomic E-state index is -5.08. The highest BCUT2D eigenvalue weighted by Gasteiger charge is 2.38. The van der Waals surface area contributed by atoms with Crippen LogP contribution in [-0.2, 0) is 4.79 Å². The Bertz CT molecular complexity index is 178. The number of hydrogen-bond donors (Lipinski definition) is 3. The molecule has 1 saturated heterocycles. The number of carboxylic acid groups (broad SMARTS) is 1. The smallest absolute Gasteiger partial charge is 0.475 e. The molecule has 0 unspecified atom stereocenters. The first kappa shape index (κ1) is 13.2. The Hall–Kier alpha value is -0.820. The van der Waals surface area contributed by atoms with Crippen LogP contribution in [0.25, 0.3) is 0 Å². The van der Waals surface area contributed by atoms with Crippen LogP contribution in [0.4, 0.5) is 13.2 Å². The lowest BCUT2D eigenvalue weighted by atomic mass is 10.1. The number of alkyl halides is 3. The van der Waals surface area contributed by atoms with Crippen LogP contribution in [0.15, 0.2) is 0 Å². The summed E-state index contributed by atoms with van der Waals surface area (Å²) in [6.07, 6.45) is -3.25. The first-order valence-electron chi connectivity index (χ1n) is 4.03. The highest BCUT2D eigenvalue weighted by atomic mass is 19.4. The second kappa shape index (κ2) is 5.82. The van der Waals surface area contributed by atoms with Crippen molar-refractivity contribution < 1.29 is 28.2 Å². The third kappa shape index (κ3) is 6.67. The predicted molar refractivity (Wildman–Crippen MR) is 41.8 cm³/mol. The average Bonchev–Trinajstić information content (AvgIpc) is 2.04. The van der Waals surface area contributed by atoms with E-state index >= 15 is 0 Å². The van der Waals surface area contributed by atoms with Gasteiger partial charge in [-0.15, -0.1) is 0 Å². The number of rotatable bonds is 0. The topological polar surface area (TPSA) is 69.6 Å². The number of aliphatic hydroxyl groups excluding tert-OH is 1. The van der Waals surface area contributed by atoms with Gasteiger partial charge in [0.25, 0.3) is 0 Å². The molecule has 4 nitrogen and oxygen atoms in total. The lowest BCUT2D eigenvalue weighted by Gasteiger charge is -2.16. The number of carboxylic acids is 1. The maximum Gasteiger partial charge on any atom is 0.490 e. The first-order valence-corrected chi connectivity index (χ1v) is 4.03. The molecule has 1 aliphatic rings. The number of hydrogen-bond acceptors (Lipinski definition) is 3. The summed E-state index contributed by atoms with van der Waals surface area (Å²) in [5.74, 6) is -2.76. The number of carbonyl (C=O) groups is 1. The van der Waals surface area contributed by atoms with Gasteiger partial charge >= 0.3 is 12.1 Å². The third-order valence-corrected chi connectivity index (χ3v) is 1.55. The molecule has 1 aliphatic heterocycles. The Morgan fingerprint density at radius 3 is 1.79 bits per heavy atom. The van der Waals surface area contributed by atoms with Gasteiger partial charge in [-0.3, -0.25) is 0 Å². The van der Waals surface area contributed by atoms with Crippen molar-refractivity contribution in [3.05, 3.63) is 0 Å². The van der Waals surface area contributed by atoms with Crippen LogP contribution in [0.5, 0.6) is 0 Å².